The molecule has 0 radical (unpaired) electrons. The number of phenols is 1. The van der Waals surface area contributed by atoms with Crippen LogP contribution < -0.4 is 10.1 Å². The number of aromatic nitrogens is 2. The normalized spacial score (nSPS) is 12.0. The minimum absolute atomic E-state index is 0.123. The van der Waals surface area contributed by atoms with Crippen molar-refractivity contribution in [2.45, 2.75) is 33.2 Å². The molecule has 1 heterocycles. The van der Waals surface area contributed by atoms with Crippen LogP contribution in [0.3, 0.4) is 0 Å². The average molecular weight is 303 g/mol. The van der Waals surface area contributed by atoms with E-state index in [2.05, 4.69) is 15.5 Å². The van der Waals surface area contributed by atoms with Gasteiger partial charge in [0, 0.05) is 16.8 Å². The summed E-state index contributed by atoms with van der Waals surface area (Å²) in [6, 6.07) is 4.62. The van der Waals surface area contributed by atoms with Gasteiger partial charge in [-0.05, 0) is 39.0 Å². The number of nitrogens with one attached hydrogen (secondary N) is 2. The third-order valence-corrected chi connectivity index (χ3v) is 3.70. The summed E-state index contributed by atoms with van der Waals surface area (Å²) in [6.45, 7) is 5.57. The van der Waals surface area contributed by atoms with Crippen molar-refractivity contribution in [3.63, 3.8) is 0 Å². The number of carbonyl (C=O) groups excluding carboxylic acids is 1. The second kappa shape index (κ2) is 6.51. The maximum Gasteiger partial charge on any atom is 0.225 e. The second-order valence-corrected chi connectivity index (χ2v) is 5.30. The van der Waals surface area contributed by atoms with E-state index in [9.17, 15) is 9.90 Å². The summed E-state index contributed by atoms with van der Waals surface area (Å²) in [6.07, 6.45) is 0.253. The predicted molar refractivity (Wildman–Crippen MR) is 83.0 cm³/mol. The van der Waals surface area contributed by atoms with Gasteiger partial charge in [0.1, 0.15) is 11.5 Å². The number of carbonyl (C=O) groups is 1. The third-order valence-electron chi connectivity index (χ3n) is 3.70. The fourth-order valence-corrected chi connectivity index (χ4v) is 2.37. The van der Waals surface area contributed by atoms with Gasteiger partial charge in [0.05, 0.1) is 25.3 Å². The number of benzene rings is 1. The molecule has 1 aromatic carbocycles. The molecule has 6 nitrogen and oxygen atoms in total. The number of aromatic hydroxyl groups is 1. The van der Waals surface area contributed by atoms with Gasteiger partial charge in [-0.3, -0.25) is 9.89 Å². The van der Waals surface area contributed by atoms with Crippen molar-refractivity contribution in [2.24, 2.45) is 0 Å². The number of hydrogen-bond acceptors (Lipinski definition) is 4. The maximum absolute atomic E-state index is 12.2. The van der Waals surface area contributed by atoms with Crippen LogP contribution in [0.15, 0.2) is 18.2 Å². The van der Waals surface area contributed by atoms with E-state index in [1.165, 1.54) is 0 Å². The highest BCUT2D eigenvalue weighted by Crippen LogP contribution is 2.28. The lowest BCUT2D eigenvalue weighted by atomic mass is 10.1. The molecule has 22 heavy (non-hydrogen) atoms. The van der Waals surface area contributed by atoms with Gasteiger partial charge in [-0.2, -0.15) is 5.10 Å². The summed E-state index contributed by atoms with van der Waals surface area (Å²) in [5, 5.41) is 19.8. The first kappa shape index (κ1) is 15.9. The summed E-state index contributed by atoms with van der Waals surface area (Å²) in [7, 11) is 1.56. The number of methoxy groups -OCH3 is 1. The molecule has 118 valence electrons. The number of hydrogen-bond donors (Lipinski definition) is 3. The average Bonchev–Trinajstić information content (AvgIpc) is 2.79. The highest BCUT2D eigenvalue weighted by Gasteiger charge is 2.16. The molecular weight excluding hydrogens is 282 g/mol. The van der Waals surface area contributed by atoms with E-state index in [0.29, 0.717) is 11.3 Å². The number of aryl methyl sites for hydroxylation is 2. The van der Waals surface area contributed by atoms with Crippen LogP contribution in [0, 0.1) is 13.8 Å². The molecule has 0 spiro atoms. The van der Waals surface area contributed by atoms with E-state index < -0.39 is 0 Å². The molecule has 1 atom stereocenters. The molecule has 0 unspecified atom stereocenters. The Kier molecular flexibility index (Phi) is 4.70. The molecule has 0 aliphatic heterocycles. The Bertz CT molecular complexity index is 660. The van der Waals surface area contributed by atoms with Crippen molar-refractivity contribution in [1.29, 1.82) is 0 Å². The Hall–Kier alpha value is -2.50. The maximum atomic E-state index is 12.2. The van der Waals surface area contributed by atoms with Crippen LogP contribution in [-0.4, -0.2) is 28.3 Å². The van der Waals surface area contributed by atoms with Crippen molar-refractivity contribution < 1.29 is 14.6 Å². The first-order valence-corrected chi connectivity index (χ1v) is 7.09. The van der Waals surface area contributed by atoms with E-state index in [1.54, 1.807) is 25.3 Å². The fraction of sp³-hybridized carbons (Fsp3) is 0.375. The summed E-state index contributed by atoms with van der Waals surface area (Å²) < 4.78 is 5.15. The zero-order chi connectivity index (χ0) is 16.3. The van der Waals surface area contributed by atoms with Gasteiger partial charge in [-0.15, -0.1) is 0 Å². The van der Waals surface area contributed by atoms with Crippen LogP contribution in [0.5, 0.6) is 11.5 Å². The third kappa shape index (κ3) is 3.39. The van der Waals surface area contributed by atoms with Crippen LogP contribution in [0.4, 0.5) is 0 Å². The largest absolute Gasteiger partial charge is 0.508 e. The SMILES string of the molecule is COc1ccc(O)c([C@H](C)NC(=O)Cc2c(C)n[nH]c2C)c1. The van der Waals surface area contributed by atoms with Crippen LogP contribution in [-0.2, 0) is 11.2 Å². The van der Waals surface area contributed by atoms with Gasteiger partial charge in [0.2, 0.25) is 5.91 Å². The molecule has 0 fully saturated rings. The highest BCUT2D eigenvalue weighted by atomic mass is 16.5. The smallest absolute Gasteiger partial charge is 0.225 e. The quantitative estimate of drug-likeness (QED) is 0.790. The number of ether oxygens (including phenoxy) is 1. The lowest BCUT2D eigenvalue weighted by Gasteiger charge is -2.16. The van der Waals surface area contributed by atoms with Crippen molar-refractivity contribution >= 4 is 5.91 Å². The fourth-order valence-electron chi connectivity index (χ4n) is 2.37. The lowest BCUT2D eigenvalue weighted by molar-refractivity contribution is -0.121. The molecule has 2 aromatic rings. The molecule has 1 aromatic heterocycles. The van der Waals surface area contributed by atoms with E-state index >= 15 is 0 Å². The van der Waals surface area contributed by atoms with Crippen molar-refractivity contribution in [1.82, 2.24) is 15.5 Å². The predicted octanol–water partition coefficient (Wildman–Crippen LogP) is 2.16. The van der Waals surface area contributed by atoms with E-state index in [0.717, 1.165) is 17.0 Å². The van der Waals surface area contributed by atoms with Crippen LogP contribution >= 0.6 is 0 Å². The van der Waals surface area contributed by atoms with Gasteiger partial charge in [-0.1, -0.05) is 0 Å². The molecule has 0 aliphatic rings. The zero-order valence-electron chi connectivity index (χ0n) is 13.2. The van der Waals surface area contributed by atoms with Gasteiger partial charge < -0.3 is 15.2 Å². The number of nitrogens with zero attached hydrogens (tertiary/aromatic N) is 1. The monoisotopic (exact) mass is 303 g/mol. The van der Waals surface area contributed by atoms with E-state index in [4.69, 9.17) is 4.74 Å². The standard InChI is InChI=1S/C16H21N3O3/c1-9(14-7-12(22-4)5-6-15(14)20)17-16(21)8-13-10(2)18-19-11(13)3/h5-7,9,20H,8H2,1-4H3,(H,17,21)(H,18,19)/t9-/m0/s1. The first-order chi connectivity index (χ1) is 10.4. The van der Waals surface area contributed by atoms with Crippen molar-refractivity contribution in [3.05, 3.63) is 40.7 Å². The minimum atomic E-state index is -0.324. The summed E-state index contributed by atoms with van der Waals surface area (Å²) in [5.74, 6) is 0.641. The molecule has 0 saturated carbocycles. The molecule has 2 rings (SSSR count). The summed E-state index contributed by atoms with van der Waals surface area (Å²) >= 11 is 0. The first-order valence-electron chi connectivity index (χ1n) is 7.09. The van der Waals surface area contributed by atoms with E-state index in [1.807, 2.05) is 20.8 Å². The Morgan fingerprint density at radius 2 is 2.18 bits per heavy atom. The zero-order valence-corrected chi connectivity index (χ0v) is 13.2. The van der Waals surface area contributed by atoms with Gasteiger partial charge >= 0.3 is 0 Å². The lowest BCUT2D eigenvalue weighted by Crippen LogP contribution is -2.28. The summed E-state index contributed by atoms with van der Waals surface area (Å²) in [4.78, 5) is 12.2. The molecular formula is C16H21N3O3. The Labute approximate surface area is 129 Å². The van der Waals surface area contributed by atoms with E-state index in [-0.39, 0.29) is 24.1 Å². The van der Waals surface area contributed by atoms with Crippen LogP contribution in [0.1, 0.15) is 35.5 Å². The number of H-pyrrole nitrogens is 1. The van der Waals surface area contributed by atoms with Crippen molar-refractivity contribution in [3.8, 4) is 11.5 Å². The summed E-state index contributed by atoms with van der Waals surface area (Å²) in [5.41, 5.74) is 3.24. The molecule has 0 aliphatic carbocycles. The molecule has 0 saturated heterocycles. The Morgan fingerprint density at radius 3 is 2.77 bits per heavy atom. The molecule has 0 bridgehead atoms. The van der Waals surface area contributed by atoms with Crippen molar-refractivity contribution in [2.75, 3.05) is 7.11 Å². The van der Waals surface area contributed by atoms with Gasteiger partial charge in [0.25, 0.3) is 0 Å². The van der Waals surface area contributed by atoms with Gasteiger partial charge in [-0.25, -0.2) is 0 Å². The molecule has 1 amide bonds. The highest BCUT2D eigenvalue weighted by molar-refractivity contribution is 5.79. The molecule has 3 N–H and O–H groups in total. The number of amides is 1. The van der Waals surface area contributed by atoms with Crippen LogP contribution in [0.25, 0.3) is 0 Å². The van der Waals surface area contributed by atoms with Crippen LogP contribution in [0.2, 0.25) is 0 Å². The minimum Gasteiger partial charge on any atom is -0.508 e. The number of rotatable bonds is 5. The second-order valence-electron chi connectivity index (χ2n) is 5.30. The Morgan fingerprint density at radius 1 is 1.45 bits per heavy atom. The topological polar surface area (TPSA) is 87.2 Å². The van der Waals surface area contributed by atoms with Gasteiger partial charge in [0.15, 0.2) is 0 Å². The number of aromatic amines is 1. The Balaban J connectivity index is 2.08. The number of phenolic OH excluding ortho intramolecular Hbond substituents is 1. The molecule has 6 heteroatoms.